The fraction of sp³-hybridized carbons (Fsp3) is 0.537. The molecular weight excluding hydrogens is 925 g/mol. The third kappa shape index (κ3) is 12.1. The number of hydrogen-bond acceptors (Lipinski definition) is 9. The number of rotatable bonds is 13. The van der Waals surface area contributed by atoms with Crippen LogP contribution in [0.4, 0.5) is 4.39 Å². The Bertz CT molecular complexity index is 2620. The number of nitrogens with one attached hydrogen (secondary N) is 2. The lowest BCUT2D eigenvalue weighted by Crippen LogP contribution is -2.55. The molecule has 5 heterocycles. The molecule has 71 heavy (non-hydrogen) atoms. The third-order valence-electron chi connectivity index (χ3n) is 15.8. The Morgan fingerprint density at radius 3 is 2.17 bits per heavy atom. The van der Waals surface area contributed by atoms with Gasteiger partial charge in [-0.15, -0.1) is 11.6 Å². The number of nitrogens with zero attached hydrogens (tertiary/aromatic N) is 7. The van der Waals surface area contributed by atoms with Gasteiger partial charge in [-0.2, -0.15) is 5.10 Å². The van der Waals surface area contributed by atoms with Crippen LogP contribution < -0.4 is 10.9 Å². The number of halogens is 2. The molecule has 1 saturated carbocycles. The quantitative estimate of drug-likeness (QED) is 0.173. The first-order valence-corrected chi connectivity index (χ1v) is 26.3. The van der Waals surface area contributed by atoms with Crippen LogP contribution in [0.25, 0.3) is 10.8 Å². The molecule has 4 aromatic rings. The van der Waals surface area contributed by atoms with Gasteiger partial charge in [0, 0.05) is 108 Å². The molecular formula is C54H67ClFN9O6. The Balaban J connectivity index is 0.707. The van der Waals surface area contributed by atoms with Crippen LogP contribution in [0.3, 0.4) is 0 Å². The number of fused-ring (bicyclic) bond motifs is 1. The van der Waals surface area contributed by atoms with E-state index in [1.165, 1.54) is 6.07 Å². The molecule has 15 nitrogen and oxygen atoms in total. The van der Waals surface area contributed by atoms with Crippen LogP contribution >= 0.6 is 11.6 Å². The lowest BCUT2D eigenvalue weighted by atomic mass is 9.82. The molecule has 5 amide bonds. The predicted octanol–water partition coefficient (Wildman–Crippen LogP) is 5.12. The zero-order valence-corrected chi connectivity index (χ0v) is 41.4. The van der Waals surface area contributed by atoms with Crippen molar-refractivity contribution in [3.05, 3.63) is 111 Å². The van der Waals surface area contributed by atoms with Crippen LogP contribution in [0.1, 0.15) is 101 Å². The van der Waals surface area contributed by atoms with Crippen LogP contribution in [-0.2, 0) is 20.8 Å². The number of piperazine rings is 2. The molecule has 0 spiro atoms. The summed E-state index contributed by atoms with van der Waals surface area (Å²) >= 11 is 5.86. The summed E-state index contributed by atoms with van der Waals surface area (Å²) in [7, 11) is 0. The normalized spacial score (nSPS) is 20.5. The topological polar surface area (TPSA) is 163 Å². The second-order valence-corrected chi connectivity index (χ2v) is 20.6. The highest BCUT2D eigenvalue weighted by atomic mass is 35.5. The third-order valence-corrected chi connectivity index (χ3v) is 16.0. The molecule has 17 heteroatoms. The molecule has 0 radical (unpaired) electrons. The predicted molar refractivity (Wildman–Crippen MR) is 270 cm³/mol. The van der Waals surface area contributed by atoms with E-state index >= 15 is 4.39 Å². The van der Waals surface area contributed by atoms with Gasteiger partial charge in [0.1, 0.15) is 17.7 Å². The monoisotopic (exact) mass is 991 g/mol. The Kier molecular flexibility index (Phi) is 16.4. The van der Waals surface area contributed by atoms with E-state index in [1.807, 2.05) is 46.2 Å². The summed E-state index contributed by atoms with van der Waals surface area (Å²) in [4.78, 5) is 91.8. The number of aromatic nitrogens is 2. The highest BCUT2D eigenvalue weighted by Gasteiger charge is 2.37. The van der Waals surface area contributed by atoms with Crippen LogP contribution in [-0.4, -0.2) is 173 Å². The highest BCUT2D eigenvalue weighted by Crippen LogP contribution is 2.31. The highest BCUT2D eigenvalue weighted by molar-refractivity contribution is 6.27. The summed E-state index contributed by atoms with van der Waals surface area (Å²) in [6, 6.07) is 18.7. The van der Waals surface area contributed by atoms with Gasteiger partial charge in [-0.25, -0.2) is 9.49 Å². The van der Waals surface area contributed by atoms with Gasteiger partial charge in [0.15, 0.2) is 0 Å². The summed E-state index contributed by atoms with van der Waals surface area (Å²) in [5.41, 5.74) is 2.57. The Morgan fingerprint density at radius 2 is 1.42 bits per heavy atom. The summed E-state index contributed by atoms with van der Waals surface area (Å²) in [5.74, 6) is -0.605. The molecule has 4 saturated heterocycles. The summed E-state index contributed by atoms with van der Waals surface area (Å²) < 4.78 is 15.1. The van der Waals surface area contributed by atoms with E-state index in [4.69, 9.17) is 11.6 Å². The van der Waals surface area contributed by atoms with Crippen LogP contribution in [0.2, 0.25) is 0 Å². The van der Waals surface area contributed by atoms with E-state index in [2.05, 4.69) is 25.3 Å². The molecule has 0 unspecified atom stereocenters. The molecule has 2 atom stereocenters. The minimum Gasteiger partial charge on any atom is -0.341 e. The molecule has 5 fully saturated rings. The number of piperidine rings is 2. The summed E-state index contributed by atoms with van der Waals surface area (Å²) in [5, 5.41) is 11.2. The van der Waals surface area contributed by atoms with Gasteiger partial charge in [-0.05, 0) is 91.8 Å². The lowest BCUT2D eigenvalue weighted by Gasteiger charge is -2.41. The van der Waals surface area contributed by atoms with Crippen molar-refractivity contribution in [2.24, 2.45) is 11.8 Å². The van der Waals surface area contributed by atoms with Crippen molar-refractivity contribution in [3.8, 4) is 0 Å². The number of amides is 5. The maximum atomic E-state index is 15.1. The maximum absolute atomic E-state index is 15.1. The van der Waals surface area contributed by atoms with E-state index < -0.39 is 17.8 Å². The Labute approximate surface area is 420 Å². The molecule has 9 rings (SSSR count). The first-order chi connectivity index (χ1) is 34.5. The molecule has 1 aliphatic carbocycles. The van der Waals surface area contributed by atoms with Crippen molar-refractivity contribution in [2.45, 2.75) is 76.2 Å². The zero-order valence-electron chi connectivity index (χ0n) is 40.7. The number of benzene rings is 3. The average molecular weight is 993 g/mol. The van der Waals surface area contributed by atoms with E-state index in [-0.39, 0.29) is 52.5 Å². The van der Waals surface area contributed by atoms with Gasteiger partial charge in [0.2, 0.25) is 17.7 Å². The molecule has 0 bridgehead atoms. The first-order valence-electron chi connectivity index (χ1n) is 25.8. The largest absolute Gasteiger partial charge is 0.341 e. The van der Waals surface area contributed by atoms with Crippen LogP contribution in [0, 0.1) is 17.7 Å². The molecule has 3 aromatic carbocycles. The molecule has 378 valence electrons. The molecule has 5 aliphatic rings. The van der Waals surface area contributed by atoms with E-state index in [1.54, 1.807) is 34.1 Å². The van der Waals surface area contributed by atoms with E-state index in [9.17, 15) is 28.8 Å². The number of hydrogen-bond donors (Lipinski definition) is 2. The molecule has 2 N–H and O–H groups in total. The fourth-order valence-electron chi connectivity index (χ4n) is 11.6. The number of carbonyl (C=O) groups is 5. The van der Waals surface area contributed by atoms with Gasteiger partial charge >= 0.3 is 0 Å². The Morgan fingerprint density at radius 1 is 0.704 bits per heavy atom. The molecule has 4 aliphatic heterocycles. The minimum atomic E-state index is -0.608. The molecule has 1 aromatic heterocycles. The zero-order chi connectivity index (χ0) is 49.4. The number of H-pyrrole nitrogens is 1. The van der Waals surface area contributed by atoms with Crippen molar-refractivity contribution in [1.82, 2.24) is 44.9 Å². The minimum absolute atomic E-state index is 0.0251. The van der Waals surface area contributed by atoms with Crippen LogP contribution in [0.5, 0.6) is 0 Å². The number of carbonyl (C=O) groups excluding carboxylic acids is 5. The van der Waals surface area contributed by atoms with Crippen molar-refractivity contribution in [3.63, 3.8) is 0 Å². The lowest BCUT2D eigenvalue weighted by molar-refractivity contribution is -0.137. The standard InChI is InChI=1S/C54H67ClFN9O6/c55-33-48(66)65-19-7-12-42(35-65)40-10-6-11-41(32-40)51(68)57-50(39-8-2-1-3-9-39)54(71)63-20-17-37(18-21-63)34-60-22-24-61(25-23-60)36-49(67)62-26-28-64(29-27-62)53(70)45-30-38(15-16-46(45)56)31-47-43-13-4-5-14-44(43)52(69)59-58-47/h4-6,10-11,13-16,30,32,37,39,42,50H,1-3,7-9,12,17-29,31,33-36H2,(H,57,68)(H,59,69)/t42-,50-/m1/s1. The van der Waals surface area contributed by atoms with Gasteiger partial charge in [0.05, 0.1) is 23.2 Å². The number of aromatic amines is 1. The maximum Gasteiger partial charge on any atom is 0.272 e. The number of likely N-dealkylation sites (tertiary alicyclic amines) is 2. The van der Waals surface area contributed by atoms with Gasteiger partial charge < -0.3 is 29.8 Å². The smallest absolute Gasteiger partial charge is 0.272 e. The second kappa shape index (κ2) is 23.2. The first kappa shape index (κ1) is 50.2. The van der Waals surface area contributed by atoms with E-state index in [0.717, 1.165) is 96.1 Å². The van der Waals surface area contributed by atoms with Gasteiger partial charge in [-0.3, -0.25) is 33.7 Å². The van der Waals surface area contributed by atoms with Gasteiger partial charge in [0.25, 0.3) is 17.4 Å². The SMILES string of the molecule is O=C(N[C@@H](C(=O)N1CCC(CN2CCN(CC(=O)N3CCN(C(=O)c4cc(Cc5n[nH]c(=O)c6ccccc56)ccc4F)CC3)CC2)CC1)C1CCCCC1)c1cccc([C@@H]2CCCN(C(=O)CCl)C2)c1. The van der Waals surface area contributed by atoms with Crippen molar-refractivity contribution >= 4 is 51.9 Å². The summed E-state index contributed by atoms with van der Waals surface area (Å²) in [6.07, 6.45) is 9.05. The van der Waals surface area contributed by atoms with Crippen molar-refractivity contribution in [1.29, 1.82) is 0 Å². The summed E-state index contributed by atoms with van der Waals surface area (Å²) in [6.45, 7) is 8.52. The Hall–Kier alpha value is -5.71. The van der Waals surface area contributed by atoms with Crippen molar-refractivity contribution < 1.29 is 28.4 Å². The van der Waals surface area contributed by atoms with Gasteiger partial charge in [-0.1, -0.05) is 55.7 Å². The van der Waals surface area contributed by atoms with E-state index in [0.29, 0.717) is 98.8 Å². The number of alkyl halides is 1. The van der Waals surface area contributed by atoms with Crippen LogP contribution in [0.15, 0.2) is 71.5 Å². The second-order valence-electron chi connectivity index (χ2n) is 20.3. The van der Waals surface area contributed by atoms with Crippen molar-refractivity contribution in [2.75, 3.05) is 97.5 Å². The fourth-order valence-corrected chi connectivity index (χ4v) is 11.7. The average Bonchev–Trinajstić information content (AvgIpc) is 3.42.